The highest BCUT2D eigenvalue weighted by Gasteiger charge is 2.12. The van der Waals surface area contributed by atoms with Gasteiger partial charge in [-0.25, -0.2) is 13.1 Å². The highest BCUT2D eigenvalue weighted by molar-refractivity contribution is 7.89. The van der Waals surface area contributed by atoms with Gasteiger partial charge in [0.25, 0.3) is 0 Å². The molecule has 0 unspecified atom stereocenters. The number of aryl methyl sites for hydroxylation is 1. The lowest BCUT2D eigenvalue weighted by atomic mass is 10.0. The molecule has 0 atom stereocenters. The molecule has 6 nitrogen and oxygen atoms in total. The number of aromatic nitrogens is 3. The van der Waals surface area contributed by atoms with Crippen molar-refractivity contribution in [1.29, 1.82) is 0 Å². The Morgan fingerprint density at radius 3 is 2.38 bits per heavy atom. The Morgan fingerprint density at radius 1 is 1.04 bits per heavy atom. The Balaban J connectivity index is 1.82. The summed E-state index contributed by atoms with van der Waals surface area (Å²) < 4.78 is 28.0. The first-order chi connectivity index (χ1) is 12.5. The number of nitrogens with one attached hydrogen (secondary N) is 1. The van der Waals surface area contributed by atoms with Crippen molar-refractivity contribution in [3.63, 3.8) is 0 Å². The van der Waals surface area contributed by atoms with Crippen LogP contribution in [0.3, 0.4) is 0 Å². The van der Waals surface area contributed by atoms with E-state index in [2.05, 4.69) is 14.8 Å². The highest BCUT2D eigenvalue weighted by Crippen LogP contribution is 2.30. The monoisotopic (exact) mass is 370 g/mol. The number of hydrogen-bond donors (Lipinski definition) is 1. The van der Waals surface area contributed by atoms with E-state index in [1.807, 2.05) is 56.6 Å². The van der Waals surface area contributed by atoms with Gasteiger partial charge in [-0.05, 0) is 29.7 Å². The predicted octanol–water partition coefficient (Wildman–Crippen LogP) is 2.98. The molecule has 0 saturated carbocycles. The third kappa shape index (κ3) is 4.36. The molecule has 0 radical (unpaired) electrons. The maximum Gasteiger partial charge on any atom is 0.211 e. The van der Waals surface area contributed by atoms with Gasteiger partial charge < -0.3 is 0 Å². The largest absolute Gasteiger partial charge is 0.275 e. The molecule has 7 heteroatoms. The van der Waals surface area contributed by atoms with Crippen molar-refractivity contribution in [3.05, 3.63) is 60.6 Å². The summed E-state index contributed by atoms with van der Waals surface area (Å²) in [5, 5.41) is 4.57. The van der Waals surface area contributed by atoms with Crippen LogP contribution in [0, 0.1) is 0 Å². The van der Waals surface area contributed by atoms with E-state index in [0.717, 1.165) is 27.9 Å². The van der Waals surface area contributed by atoms with Gasteiger partial charge in [-0.3, -0.25) is 9.67 Å². The van der Waals surface area contributed by atoms with E-state index in [9.17, 15) is 8.42 Å². The average molecular weight is 370 g/mol. The zero-order valence-electron chi connectivity index (χ0n) is 14.9. The van der Waals surface area contributed by atoms with Crippen LogP contribution in [0.15, 0.2) is 55.0 Å². The van der Waals surface area contributed by atoms with Crippen LogP contribution >= 0.6 is 0 Å². The summed E-state index contributed by atoms with van der Waals surface area (Å²) in [6.45, 7) is 2.15. The van der Waals surface area contributed by atoms with Crippen LogP contribution in [0.1, 0.15) is 18.9 Å². The lowest BCUT2D eigenvalue weighted by Crippen LogP contribution is -2.25. The number of rotatable bonds is 7. The molecular formula is C19H22N4O2S. The van der Waals surface area contributed by atoms with Gasteiger partial charge in [0.1, 0.15) is 5.69 Å². The first-order valence-electron chi connectivity index (χ1n) is 8.49. The van der Waals surface area contributed by atoms with Crippen LogP contribution in [0.5, 0.6) is 0 Å². The Bertz CT molecular complexity index is 965. The van der Waals surface area contributed by atoms with E-state index in [1.54, 1.807) is 17.1 Å². The quantitative estimate of drug-likeness (QED) is 0.694. The minimum absolute atomic E-state index is 0.149. The highest BCUT2D eigenvalue weighted by atomic mass is 32.2. The molecule has 0 spiro atoms. The Hall–Kier alpha value is -2.51. The molecule has 1 N–H and O–H groups in total. The SMILES string of the molecule is CCCS(=O)(=O)NCc1ccc(-c2cn(C)nc2-c2ccncc2)cc1. The Morgan fingerprint density at radius 2 is 1.73 bits per heavy atom. The summed E-state index contributed by atoms with van der Waals surface area (Å²) in [7, 11) is -1.31. The van der Waals surface area contributed by atoms with Crippen LogP contribution in [-0.4, -0.2) is 28.9 Å². The van der Waals surface area contributed by atoms with Gasteiger partial charge in [0.05, 0.1) is 5.75 Å². The second-order valence-corrected chi connectivity index (χ2v) is 8.06. The van der Waals surface area contributed by atoms with Gasteiger partial charge in [-0.2, -0.15) is 5.10 Å². The third-order valence-electron chi connectivity index (χ3n) is 4.02. The van der Waals surface area contributed by atoms with E-state index in [4.69, 9.17) is 0 Å². The first kappa shape index (κ1) is 18.3. The topological polar surface area (TPSA) is 76.9 Å². The maximum atomic E-state index is 11.8. The molecule has 0 bridgehead atoms. The second kappa shape index (κ2) is 7.80. The molecule has 0 aliphatic rings. The zero-order chi connectivity index (χ0) is 18.6. The number of sulfonamides is 1. The molecule has 3 aromatic rings. The van der Waals surface area contributed by atoms with Gasteiger partial charge in [-0.15, -0.1) is 0 Å². The molecule has 0 amide bonds. The summed E-state index contributed by atoms with van der Waals surface area (Å²) >= 11 is 0. The molecule has 1 aromatic carbocycles. The molecule has 0 aliphatic heterocycles. The fourth-order valence-electron chi connectivity index (χ4n) is 2.76. The van der Waals surface area contributed by atoms with E-state index in [1.165, 1.54) is 0 Å². The molecule has 2 heterocycles. The molecule has 0 fully saturated rings. The van der Waals surface area contributed by atoms with Gasteiger partial charge in [0.15, 0.2) is 0 Å². The van der Waals surface area contributed by atoms with E-state index in [-0.39, 0.29) is 5.75 Å². The van der Waals surface area contributed by atoms with Gasteiger partial charge >= 0.3 is 0 Å². The third-order valence-corrected chi connectivity index (χ3v) is 5.55. The molecule has 0 aliphatic carbocycles. The number of hydrogen-bond acceptors (Lipinski definition) is 4. The first-order valence-corrected chi connectivity index (χ1v) is 10.1. The van der Waals surface area contributed by atoms with E-state index >= 15 is 0 Å². The smallest absolute Gasteiger partial charge is 0.211 e. The van der Waals surface area contributed by atoms with Crippen LogP contribution in [0.25, 0.3) is 22.4 Å². The fourth-order valence-corrected chi connectivity index (χ4v) is 3.83. The molecular weight excluding hydrogens is 348 g/mol. The average Bonchev–Trinajstić information content (AvgIpc) is 3.03. The van der Waals surface area contributed by atoms with Crippen molar-refractivity contribution in [3.8, 4) is 22.4 Å². The molecule has 3 rings (SSSR count). The zero-order valence-corrected chi connectivity index (χ0v) is 15.7. The van der Waals surface area contributed by atoms with Crippen molar-refractivity contribution in [2.75, 3.05) is 5.75 Å². The molecule has 0 saturated heterocycles. The van der Waals surface area contributed by atoms with Crippen molar-refractivity contribution < 1.29 is 8.42 Å². The molecule has 26 heavy (non-hydrogen) atoms. The van der Waals surface area contributed by atoms with E-state index < -0.39 is 10.0 Å². The van der Waals surface area contributed by atoms with Gasteiger partial charge in [-0.1, -0.05) is 31.2 Å². The normalized spacial score (nSPS) is 11.6. The molecule has 2 aromatic heterocycles. The van der Waals surface area contributed by atoms with Gasteiger partial charge in [0.2, 0.25) is 10.0 Å². The summed E-state index contributed by atoms with van der Waals surface area (Å²) in [5.41, 5.74) is 4.88. The van der Waals surface area contributed by atoms with E-state index in [0.29, 0.717) is 13.0 Å². The number of nitrogens with zero attached hydrogens (tertiary/aromatic N) is 3. The number of pyridine rings is 1. The Labute approximate surface area is 154 Å². The lowest BCUT2D eigenvalue weighted by molar-refractivity contribution is 0.580. The van der Waals surface area contributed by atoms with Crippen LogP contribution < -0.4 is 4.72 Å². The Kier molecular flexibility index (Phi) is 5.49. The van der Waals surface area contributed by atoms with Gasteiger partial charge in [0, 0.05) is 43.3 Å². The van der Waals surface area contributed by atoms with Crippen molar-refractivity contribution in [2.45, 2.75) is 19.9 Å². The summed E-state index contributed by atoms with van der Waals surface area (Å²) in [5.74, 6) is 0.149. The molecule has 136 valence electrons. The van der Waals surface area contributed by atoms with Crippen molar-refractivity contribution in [1.82, 2.24) is 19.5 Å². The summed E-state index contributed by atoms with van der Waals surface area (Å²) in [6, 6.07) is 11.7. The fraction of sp³-hybridized carbons (Fsp3) is 0.263. The minimum Gasteiger partial charge on any atom is -0.275 e. The lowest BCUT2D eigenvalue weighted by Gasteiger charge is -2.07. The van der Waals surface area contributed by atoms with Crippen molar-refractivity contribution in [2.24, 2.45) is 7.05 Å². The minimum atomic E-state index is -3.20. The van der Waals surface area contributed by atoms with Crippen LogP contribution in [0.2, 0.25) is 0 Å². The maximum absolute atomic E-state index is 11.8. The standard InChI is InChI=1S/C19H22N4O2S/c1-3-12-26(24,25)21-13-15-4-6-16(7-5-15)18-14-23(2)22-19(18)17-8-10-20-11-9-17/h4-11,14,21H,3,12-13H2,1-2H3. The van der Waals surface area contributed by atoms with Crippen LogP contribution in [-0.2, 0) is 23.6 Å². The predicted molar refractivity (Wildman–Crippen MR) is 103 cm³/mol. The number of benzene rings is 1. The second-order valence-electron chi connectivity index (χ2n) is 6.14. The van der Waals surface area contributed by atoms with Crippen molar-refractivity contribution >= 4 is 10.0 Å². The summed E-state index contributed by atoms with van der Waals surface area (Å²) in [6.07, 6.45) is 6.08. The van der Waals surface area contributed by atoms with Crippen LogP contribution in [0.4, 0.5) is 0 Å². The summed E-state index contributed by atoms with van der Waals surface area (Å²) in [4.78, 5) is 4.05.